The summed E-state index contributed by atoms with van der Waals surface area (Å²) in [6.07, 6.45) is 0. The predicted octanol–water partition coefficient (Wildman–Crippen LogP) is 1.42. The Morgan fingerprint density at radius 1 is 0.696 bits per heavy atom. The van der Waals surface area contributed by atoms with Gasteiger partial charge in [0.15, 0.2) is 0 Å². The first kappa shape index (κ1) is 22.5. The van der Waals surface area contributed by atoms with Crippen LogP contribution in [-0.4, -0.2) is 63.7 Å². The van der Waals surface area contributed by atoms with Crippen LogP contribution in [0.25, 0.3) is 0 Å². The second-order valence-corrected chi connectivity index (χ2v) is 7.30. The van der Waals surface area contributed by atoms with Gasteiger partial charge in [0.2, 0.25) is 0 Å². The molecule has 0 unspecified atom stereocenters. The van der Waals surface area contributed by atoms with Gasteiger partial charge in [0.05, 0.1) is 9.79 Å². The van der Waals surface area contributed by atoms with Gasteiger partial charge in [-0.2, -0.15) is 0 Å². The van der Waals surface area contributed by atoms with Gasteiger partial charge in [0, 0.05) is 0 Å². The van der Waals surface area contributed by atoms with E-state index in [1.807, 2.05) is 0 Å². The smallest absolute Gasteiger partial charge is 0.744 e. The molecule has 0 radical (unpaired) electrons. The fourth-order valence-corrected chi connectivity index (χ4v) is 2.69. The average Bonchev–Trinajstić information content (AvgIpc) is 2.37. The standard InChI is InChI=1S/2C7H8O3S.Ca/c2*1-6-3-2-4-7(5-6)11(8,9)10;/h2*2-5H,1H3,(H,8,9,10);/q;;+2/p-2. The molecule has 2 rings (SSSR count). The summed E-state index contributed by atoms with van der Waals surface area (Å²) in [7, 11) is -8.55. The van der Waals surface area contributed by atoms with E-state index in [0.717, 1.165) is 11.1 Å². The van der Waals surface area contributed by atoms with Gasteiger partial charge < -0.3 is 9.11 Å². The van der Waals surface area contributed by atoms with E-state index in [2.05, 4.69) is 0 Å². The molecule has 6 nitrogen and oxygen atoms in total. The summed E-state index contributed by atoms with van der Waals surface area (Å²) in [4.78, 5) is -0.338. The van der Waals surface area contributed by atoms with Crippen LogP contribution in [0.2, 0.25) is 0 Å². The van der Waals surface area contributed by atoms with Gasteiger partial charge in [-0.3, -0.25) is 0 Å². The SMILES string of the molecule is Cc1cccc(S(=O)(=O)[O-])c1.Cc1cccc(S(=O)(=O)[O-])c1.[Ca+2]. The van der Waals surface area contributed by atoms with Crippen molar-refractivity contribution in [3.8, 4) is 0 Å². The normalized spacial score (nSPS) is 11.0. The molecular formula is C14H14CaO6S2. The number of benzene rings is 2. The number of aryl methyl sites for hydroxylation is 2. The van der Waals surface area contributed by atoms with Crippen molar-refractivity contribution in [1.29, 1.82) is 0 Å². The Morgan fingerprint density at radius 3 is 1.17 bits per heavy atom. The molecule has 0 saturated heterocycles. The molecule has 2 aromatic carbocycles. The van der Waals surface area contributed by atoms with Crippen LogP contribution in [0.3, 0.4) is 0 Å². The molecule has 0 aliphatic rings. The van der Waals surface area contributed by atoms with E-state index in [-0.39, 0.29) is 47.5 Å². The fraction of sp³-hybridized carbons (Fsp3) is 0.143. The second kappa shape index (κ2) is 9.12. The van der Waals surface area contributed by atoms with Crippen LogP contribution in [0.1, 0.15) is 11.1 Å². The summed E-state index contributed by atoms with van der Waals surface area (Å²) in [5.41, 5.74) is 1.53. The average molecular weight is 382 g/mol. The van der Waals surface area contributed by atoms with Crippen LogP contribution in [0, 0.1) is 13.8 Å². The van der Waals surface area contributed by atoms with Crippen LogP contribution in [0.15, 0.2) is 58.3 Å². The Balaban J connectivity index is 0.000000403. The van der Waals surface area contributed by atoms with E-state index >= 15 is 0 Å². The zero-order valence-corrected chi connectivity index (χ0v) is 16.4. The summed E-state index contributed by atoms with van der Waals surface area (Å²) in [5.74, 6) is 0. The first-order valence-electron chi connectivity index (χ1n) is 6.05. The molecule has 0 heterocycles. The summed E-state index contributed by atoms with van der Waals surface area (Å²) < 4.78 is 62.6. The first-order chi connectivity index (χ1) is 10.00. The van der Waals surface area contributed by atoms with Gasteiger partial charge >= 0.3 is 37.7 Å². The summed E-state index contributed by atoms with van der Waals surface area (Å²) in [5, 5.41) is 0. The van der Waals surface area contributed by atoms with E-state index in [4.69, 9.17) is 0 Å². The molecule has 0 atom stereocenters. The monoisotopic (exact) mass is 382 g/mol. The van der Waals surface area contributed by atoms with Crippen molar-refractivity contribution in [3.05, 3.63) is 59.7 Å². The summed E-state index contributed by atoms with van der Waals surface area (Å²) in [6.45, 7) is 3.46. The van der Waals surface area contributed by atoms with Crippen LogP contribution >= 0.6 is 0 Å². The first-order valence-corrected chi connectivity index (χ1v) is 8.87. The van der Waals surface area contributed by atoms with E-state index in [1.54, 1.807) is 38.1 Å². The van der Waals surface area contributed by atoms with Crippen molar-refractivity contribution in [1.82, 2.24) is 0 Å². The Morgan fingerprint density at radius 2 is 1.00 bits per heavy atom. The van der Waals surface area contributed by atoms with Gasteiger partial charge in [-0.1, -0.05) is 24.3 Å². The molecular weight excluding hydrogens is 368 g/mol. The minimum Gasteiger partial charge on any atom is -0.744 e. The molecule has 0 aliphatic carbocycles. The molecule has 0 aromatic heterocycles. The number of hydrogen-bond donors (Lipinski definition) is 0. The molecule has 0 saturated carbocycles. The Kier molecular flexibility index (Phi) is 8.93. The molecule has 0 spiro atoms. The maximum Gasteiger partial charge on any atom is 2.00 e. The minimum atomic E-state index is -4.28. The zero-order chi connectivity index (χ0) is 17.0. The summed E-state index contributed by atoms with van der Waals surface area (Å²) in [6, 6.07) is 11.8. The van der Waals surface area contributed by atoms with E-state index in [1.165, 1.54) is 24.3 Å². The Labute approximate surface area is 166 Å². The van der Waals surface area contributed by atoms with Crippen LogP contribution < -0.4 is 0 Å². The second-order valence-electron chi connectivity index (χ2n) is 4.54. The molecule has 0 N–H and O–H groups in total. The topological polar surface area (TPSA) is 114 Å². The summed E-state index contributed by atoms with van der Waals surface area (Å²) >= 11 is 0. The molecule has 23 heavy (non-hydrogen) atoms. The molecule has 0 bridgehead atoms. The third kappa shape index (κ3) is 8.25. The van der Waals surface area contributed by atoms with E-state index in [0.29, 0.717) is 0 Å². The van der Waals surface area contributed by atoms with Crippen molar-refractivity contribution in [2.75, 3.05) is 0 Å². The number of hydrogen-bond acceptors (Lipinski definition) is 6. The molecule has 0 fully saturated rings. The van der Waals surface area contributed by atoms with Gasteiger partial charge in [-0.05, 0) is 49.2 Å². The van der Waals surface area contributed by atoms with Crippen molar-refractivity contribution >= 4 is 58.0 Å². The van der Waals surface area contributed by atoms with Gasteiger partial charge in [-0.25, -0.2) is 16.8 Å². The Hall–Kier alpha value is -0.480. The van der Waals surface area contributed by atoms with Crippen molar-refractivity contribution < 1.29 is 25.9 Å². The largest absolute Gasteiger partial charge is 2.00 e. The van der Waals surface area contributed by atoms with Crippen molar-refractivity contribution in [3.63, 3.8) is 0 Å². The van der Waals surface area contributed by atoms with E-state index < -0.39 is 20.2 Å². The third-order valence-corrected chi connectivity index (χ3v) is 4.22. The fourth-order valence-electron chi connectivity index (χ4n) is 1.54. The third-order valence-electron chi connectivity index (χ3n) is 2.56. The zero-order valence-electron chi connectivity index (χ0n) is 12.6. The van der Waals surface area contributed by atoms with Crippen molar-refractivity contribution in [2.24, 2.45) is 0 Å². The van der Waals surface area contributed by atoms with Gasteiger partial charge in [0.25, 0.3) is 0 Å². The quantitative estimate of drug-likeness (QED) is 0.573. The van der Waals surface area contributed by atoms with E-state index in [9.17, 15) is 25.9 Å². The van der Waals surface area contributed by atoms with Gasteiger partial charge in [-0.15, -0.1) is 0 Å². The molecule has 0 aliphatic heterocycles. The van der Waals surface area contributed by atoms with Crippen LogP contribution in [-0.2, 0) is 20.2 Å². The van der Waals surface area contributed by atoms with Gasteiger partial charge in [0.1, 0.15) is 20.2 Å². The Bertz CT molecular complexity index is 787. The van der Waals surface area contributed by atoms with Crippen LogP contribution in [0.5, 0.6) is 0 Å². The van der Waals surface area contributed by atoms with Crippen molar-refractivity contribution in [2.45, 2.75) is 23.6 Å². The maximum atomic E-state index is 10.4. The number of rotatable bonds is 2. The maximum absolute atomic E-state index is 10.4. The van der Waals surface area contributed by atoms with Crippen LogP contribution in [0.4, 0.5) is 0 Å². The molecule has 2 aromatic rings. The molecule has 0 amide bonds. The minimum absolute atomic E-state index is 0. The molecule has 9 heteroatoms. The predicted molar refractivity (Wildman–Crippen MR) is 84.0 cm³/mol. The molecule has 120 valence electrons.